The molecule has 1 aromatic carbocycles. The van der Waals surface area contributed by atoms with Crippen molar-refractivity contribution < 1.29 is 19.1 Å². The first kappa shape index (κ1) is 20.6. The van der Waals surface area contributed by atoms with Crippen LogP contribution in [-0.2, 0) is 29.2 Å². The van der Waals surface area contributed by atoms with Crippen LogP contribution in [0.25, 0.3) is 0 Å². The van der Waals surface area contributed by atoms with Gasteiger partial charge in [0.05, 0.1) is 18.8 Å². The SMILES string of the molecule is CC(=O)NCC(=O)c1cc2n(n1)CCCN(C(=O)OCc1cc(C)cc(C)c1)C2. The molecule has 1 N–H and O–H groups in total. The van der Waals surface area contributed by atoms with E-state index in [2.05, 4.69) is 16.5 Å². The fraction of sp³-hybridized carbons (Fsp3) is 0.429. The number of hydrogen-bond donors (Lipinski definition) is 1. The van der Waals surface area contributed by atoms with Crippen molar-refractivity contribution in [3.63, 3.8) is 0 Å². The molecule has 0 aliphatic carbocycles. The number of aromatic nitrogens is 2. The molecule has 1 aliphatic rings. The van der Waals surface area contributed by atoms with Crippen LogP contribution in [0.3, 0.4) is 0 Å². The lowest BCUT2D eigenvalue weighted by Crippen LogP contribution is -2.31. The average molecular weight is 398 g/mol. The molecule has 1 aliphatic heterocycles. The molecule has 0 saturated heterocycles. The van der Waals surface area contributed by atoms with Crippen molar-refractivity contribution in [2.45, 2.75) is 46.9 Å². The van der Waals surface area contributed by atoms with E-state index in [9.17, 15) is 14.4 Å². The highest BCUT2D eigenvalue weighted by atomic mass is 16.6. The Morgan fingerprint density at radius 3 is 2.52 bits per heavy atom. The number of Topliss-reactive ketones (excluding diaryl/α,β-unsaturated/α-hetero) is 1. The van der Waals surface area contributed by atoms with E-state index in [-0.39, 0.29) is 30.9 Å². The Kier molecular flexibility index (Phi) is 6.31. The van der Waals surface area contributed by atoms with Crippen LogP contribution in [-0.4, -0.2) is 45.6 Å². The van der Waals surface area contributed by atoms with Crippen molar-refractivity contribution in [2.24, 2.45) is 0 Å². The van der Waals surface area contributed by atoms with Gasteiger partial charge in [-0.05, 0) is 31.9 Å². The normalized spacial score (nSPS) is 13.4. The van der Waals surface area contributed by atoms with Crippen molar-refractivity contribution in [1.29, 1.82) is 0 Å². The Balaban J connectivity index is 1.63. The van der Waals surface area contributed by atoms with Gasteiger partial charge in [-0.3, -0.25) is 14.3 Å². The van der Waals surface area contributed by atoms with Crippen LogP contribution in [0.2, 0.25) is 0 Å². The summed E-state index contributed by atoms with van der Waals surface area (Å²) in [5.74, 6) is -0.526. The van der Waals surface area contributed by atoms with Gasteiger partial charge in [0.15, 0.2) is 0 Å². The van der Waals surface area contributed by atoms with Gasteiger partial charge in [0, 0.05) is 20.0 Å². The lowest BCUT2D eigenvalue weighted by atomic mass is 10.1. The Morgan fingerprint density at radius 2 is 1.83 bits per heavy atom. The highest BCUT2D eigenvalue weighted by Gasteiger charge is 2.23. The molecule has 8 nitrogen and oxygen atoms in total. The first-order valence-electron chi connectivity index (χ1n) is 9.65. The molecule has 2 heterocycles. The molecule has 29 heavy (non-hydrogen) atoms. The van der Waals surface area contributed by atoms with Gasteiger partial charge in [0.1, 0.15) is 12.3 Å². The van der Waals surface area contributed by atoms with Gasteiger partial charge >= 0.3 is 6.09 Å². The molecule has 0 radical (unpaired) electrons. The van der Waals surface area contributed by atoms with E-state index >= 15 is 0 Å². The molecular formula is C21H26N4O4. The number of ether oxygens (including phenoxy) is 1. The van der Waals surface area contributed by atoms with Crippen LogP contribution in [0.1, 0.15) is 46.2 Å². The number of nitrogens with zero attached hydrogens (tertiary/aromatic N) is 3. The van der Waals surface area contributed by atoms with Gasteiger partial charge in [-0.2, -0.15) is 5.10 Å². The highest BCUT2D eigenvalue weighted by molar-refractivity contribution is 5.97. The van der Waals surface area contributed by atoms with E-state index in [4.69, 9.17) is 4.74 Å². The minimum absolute atomic E-state index is 0.0898. The fourth-order valence-corrected chi connectivity index (χ4v) is 3.44. The van der Waals surface area contributed by atoms with Crippen molar-refractivity contribution in [1.82, 2.24) is 20.0 Å². The molecule has 3 rings (SSSR count). The molecular weight excluding hydrogens is 372 g/mol. The van der Waals surface area contributed by atoms with Crippen LogP contribution in [0.5, 0.6) is 0 Å². The zero-order valence-electron chi connectivity index (χ0n) is 17.0. The second-order valence-electron chi connectivity index (χ2n) is 7.40. The van der Waals surface area contributed by atoms with Gasteiger partial charge in [-0.1, -0.05) is 29.3 Å². The van der Waals surface area contributed by atoms with Crippen molar-refractivity contribution >= 4 is 17.8 Å². The second-order valence-corrected chi connectivity index (χ2v) is 7.40. The fourth-order valence-electron chi connectivity index (χ4n) is 3.44. The molecule has 0 unspecified atom stereocenters. The van der Waals surface area contributed by atoms with Gasteiger partial charge in [0.25, 0.3) is 0 Å². The number of hydrogen-bond acceptors (Lipinski definition) is 5. The Bertz CT molecular complexity index is 915. The number of carbonyl (C=O) groups is 3. The minimum Gasteiger partial charge on any atom is -0.445 e. The smallest absolute Gasteiger partial charge is 0.410 e. The van der Waals surface area contributed by atoms with Crippen molar-refractivity contribution in [3.05, 3.63) is 52.3 Å². The maximum atomic E-state index is 12.6. The van der Waals surface area contributed by atoms with Gasteiger partial charge in [0.2, 0.25) is 11.7 Å². The van der Waals surface area contributed by atoms with E-state index in [0.29, 0.717) is 31.7 Å². The second kappa shape index (κ2) is 8.89. The van der Waals surface area contributed by atoms with Crippen LogP contribution in [0.15, 0.2) is 24.3 Å². The summed E-state index contributed by atoms with van der Waals surface area (Å²) in [7, 11) is 0. The number of aryl methyl sites for hydroxylation is 3. The maximum Gasteiger partial charge on any atom is 0.410 e. The van der Waals surface area contributed by atoms with Crippen molar-refractivity contribution in [2.75, 3.05) is 13.1 Å². The standard InChI is InChI=1S/C21H26N4O4/c1-14-7-15(2)9-17(8-14)13-29-21(28)24-5-4-6-25-18(12-24)10-19(23-25)20(27)11-22-16(3)26/h7-10H,4-6,11-13H2,1-3H3,(H,22,26). The molecule has 0 fully saturated rings. The largest absolute Gasteiger partial charge is 0.445 e. The highest BCUT2D eigenvalue weighted by Crippen LogP contribution is 2.16. The lowest BCUT2D eigenvalue weighted by molar-refractivity contribution is -0.118. The molecule has 0 saturated carbocycles. The summed E-state index contributed by atoms with van der Waals surface area (Å²) in [6, 6.07) is 7.77. The summed E-state index contributed by atoms with van der Waals surface area (Å²) < 4.78 is 7.26. The summed E-state index contributed by atoms with van der Waals surface area (Å²) in [6.07, 6.45) is 0.331. The van der Waals surface area contributed by atoms with Gasteiger partial charge < -0.3 is 15.0 Å². The Labute approximate surface area is 169 Å². The number of rotatable bonds is 5. The third-order valence-corrected chi connectivity index (χ3v) is 4.70. The maximum absolute atomic E-state index is 12.6. The predicted octanol–water partition coefficient (Wildman–Crippen LogP) is 2.36. The van der Waals surface area contributed by atoms with Gasteiger partial charge in [-0.25, -0.2) is 4.79 Å². The Morgan fingerprint density at radius 1 is 1.10 bits per heavy atom. The zero-order valence-corrected chi connectivity index (χ0v) is 17.0. The quantitative estimate of drug-likeness (QED) is 0.781. The monoisotopic (exact) mass is 398 g/mol. The topological polar surface area (TPSA) is 93.5 Å². The lowest BCUT2D eigenvalue weighted by Gasteiger charge is -2.19. The molecule has 154 valence electrons. The average Bonchev–Trinajstić information content (AvgIpc) is 2.95. The van der Waals surface area contributed by atoms with Crippen LogP contribution >= 0.6 is 0 Å². The Hall–Kier alpha value is -3.16. The zero-order chi connectivity index (χ0) is 21.0. The van der Waals surface area contributed by atoms with E-state index in [0.717, 1.165) is 22.4 Å². The van der Waals surface area contributed by atoms with Crippen LogP contribution < -0.4 is 5.32 Å². The molecule has 1 aromatic heterocycles. The number of nitrogens with one attached hydrogen (secondary N) is 1. The van der Waals surface area contributed by atoms with Gasteiger partial charge in [-0.15, -0.1) is 0 Å². The number of amides is 2. The summed E-state index contributed by atoms with van der Waals surface area (Å²) in [6.45, 7) is 7.01. The number of fused-ring (bicyclic) bond motifs is 1. The summed E-state index contributed by atoms with van der Waals surface area (Å²) in [5, 5.41) is 6.81. The number of benzene rings is 1. The van der Waals surface area contributed by atoms with Crippen LogP contribution in [0.4, 0.5) is 4.79 Å². The summed E-state index contributed by atoms with van der Waals surface area (Å²) in [4.78, 5) is 37.4. The van der Waals surface area contributed by atoms with E-state index in [1.165, 1.54) is 6.92 Å². The van der Waals surface area contributed by atoms with Crippen molar-refractivity contribution in [3.8, 4) is 0 Å². The minimum atomic E-state index is -0.384. The molecule has 2 amide bonds. The molecule has 2 aromatic rings. The van der Waals surface area contributed by atoms with E-state index in [1.807, 2.05) is 26.0 Å². The summed E-state index contributed by atoms with van der Waals surface area (Å²) in [5.41, 5.74) is 4.29. The third-order valence-electron chi connectivity index (χ3n) is 4.70. The predicted molar refractivity (Wildman–Crippen MR) is 106 cm³/mol. The van der Waals surface area contributed by atoms with Crippen LogP contribution in [0, 0.1) is 13.8 Å². The number of ketones is 1. The third kappa shape index (κ3) is 5.43. The first-order chi connectivity index (χ1) is 13.8. The van der Waals surface area contributed by atoms with E-state index < -0.39 is 0 Å². The number of carbonyl (C=O) groups excluding carboxylic acids is 3. The molecule has 0 bridgehead atoms. The first-order valence-corrected chi connectivity index (χ1v) is 9.65. The summed E-state index contributed by atoms with van der Waals surface area (Å²) >= 11 is 0. The molecule has 8 heteroatoms. The van der Waals surface area contributed by atoms with E-state index in [1.54, 1.807) is 15.6 Å². The molecule has 0 spiro atoms. The molecule has 0 atom stereocenters.